The second kappa shape index (κ2) is 5.32. The normalized spacial score (nSPS) is 23.1. The van der Waals surface area contributed by atoms with Gasteiger partial charge >= 0.3 is 0 Å². The van der Waals surface area contributed by atoms with Gasteiger partial charge in [-0.3, -0.25) is 0 Å². The molecule has 0 radical (unpaired) electrons. The highest BCUT2D eigenvalue weighted by atomic mass is 35.5. The lowest BCUT2D eigenvalue weighted by molar-refractivity contribution is 0.0321. The summed E-state index contributed by atoms with van der Waals surface area (Å²) in [6.45, 7) is 0. The summed E-state index contributed by atoms with van der Waals surface area (Å²) in [4.78, 5) is 4.33. The van der Waals surface area contributed by atoms with Gasteiger partial charge in [-0.2, -0.15) is 0 Å². The van der Waals surface area contributed by atoms with E-state index in [1.165, 1.54) is 0 Å². The molecule has 0 fully saturated rings. The highest BCUT2D eigenvalue weighted by Crippen LogP contribution is 2.25. The fourth-order valence-electron chi connectivity index (χ4n) is 1.83. The summed E-state index contributed by atoms with van der Waals surface area (Å²) in [5.41, 5.74) is -0.214. The Hall–Kier alpha value is -1.06. The van der Waals surface area contributed by atoms with Crippen LogP contribution in [0.25, 0.3) is 0 Å². The lowest BCUT2D eigenvalue weighted by atomic mass is 9.91. The Balaban J connectivity index is 0.00000128. The van der Waals surface area contributed by atoms with Crippen LogP contribution >= 0.6 is 12.4 Å². The molecule has 4 heteroatoms. The first-order valence-electron chi connectivity index (χ1n) is 5.11. The van der Waals surface area contributed by atoms with Gasteiger partial charge < -0.3 is 9.30 Å². The largest absolute Gasteiger partial charge is 0.373 e. The molecule has 1 heterocycles. The van der Waals surface area contributed by atoms with Crippen LogP contribution in [0.5, 0.6) is 0 Å². The molecule has 0 bridgehead atoms. The number of aromatic nitrogens is 2. The van der Waals surface area contributed by atoms with Crippen molar-refractivity contribution in [3.05, 3.63) is 42.5 Å². The predicted octanol–water partition coefficient (Wildman–Crippen LogP) is 2.29. The van der Waals surface area contributed by atoms with Crippen LogP contribution in [0.4, 0.5) is 0 Å². The molecule has 0 saturated heterocycles. The second-order valence-corrected chi connectivity index (χ2v) is 3.89. The molecule has 1 atom stereocenters. The number of hydrogen-bond donors (Lipinski definition) is 0. The first kappa shape index (κ1) is 13.0. The van der Waals surface area contributed by atoms with E-state index in [-0.39, 0.29) is 18.0 Å². The van der Waals surface area contributed by atoms with Crippen molar-refractivity contribution in [3.8, 4) is 0 Å². The maximum absolute atomic E-state index is 5.62. The molecule has 2 rings (SSSR count). The van der Waals surface area contributed by atoms with Gasteiger partial charge in [0.1, 0.15) is 5.82 Å². The molecule has 1 aromatic heterocycles. The topological polar surface area (TPSA) is 27.1 Å². The number of aryl methyl sites for hydroxylation is 1. The van der Waals surface area contributed by atoms with Gasteiger partial charge in [0, 0.05) is 33.0 Å². The molecule has 16 heavy (non-hydrogen) atoms. The summed E-state index contributed by atoms with van der Waals surface area (Å²) in [7, 11) is 3.76. The predicted molar refractivity (Wildman–Crippen MR) is 66.8 cm³/mol. The highest BCUT2D eigenvalue weighted by Gasteiger charge is 2.28. The fraction of sp³-hybridized carbons (Fsp3) is 0.417. The van der Waals surface area contributed by atoms with Crippen LogP contribution in [0.2, 0.25) is 0 Å². The Morgan fingerprint density at radius 2 is 2.31 bits per heavy atom. The van der Waals surface area contributed by atoms with E-state index in [2.05, 4.69) is 23.2 Å². The van der Waals surface area contributed by atoms with Crippen LogP contribution in [-0.2, 0) is 18.2 Å². The van der Waals surface area contributed by atoms with Gasteiger partial charge in [0.05, 0.1) is 5.60 Å². The van der Waals surface area contributed by atoms with E-state index in [9.17, 15) is 0 Å². The van der Waals surface area contributed by atoms with E-state index in [1.807, 2.05) is 30.1 Å². The SMILES string of the molecule is COC1(Cc2nccn2C)C=CC=CC1.Cl. The zero-order valence-corrected chi connectivity index (χ0v) is 10.4. The lowest BCUT2D eigenvalue weighted by Gasteiger charge is -2.29. The molecule has 0 aliphatic heterocycles. The van der Waals surface area contributed by atoms with Gasteiger partial charge in [-0.25, -0.2) is 4.98 Å². The smallest absolute Gasteiger partial charge is 0.111 e. The second-order valence-electron chi connectivity index (χ2n) is 3.89. The van der Waals surface area contributed by atoms with Crippen molar-refractivity contribution < 1.29 is 4.74 Å². The van der Waals surface area contributed by atoms with Crippen LogP contribution in [0.15, 0.2) is 36.7 Å². The monoisotopic (exact) mass is 240 g/mol. The molecule has 1 unspecified atom stereocenters. The molecule has 1 aromatic rings. The Morgan fingerprint density at radius 1 is 1.50 bits per heavy atom. The number of methoxy groups -OCH3 is 1. The zero-order chi connectivity index (χ0) is 10.7. The summed E-state index contributed by atoms with van der Waals surface area (Å²) in [6, 6.07) is 0. The van der Waals surface area contributed by atoms with Crippen LogP contribution < -0.4 is 0 Å². The molecule has 0 saturated carbocycles. The highest BCUT2D eigenvalue weighted by molar-refractivity contribution is 5.85. The minimum absolute atomic E-state index is 0. The lowest BCUT2D eigenvalue weighted by Crippen LogP contribution is -2.33. The Labute approximate surface area is 102 Å². The molecule has 1 aliphatic rings. The van der Waals surface area contributed by atoms with Gasteiger partial charge in [0.15, 0.2) is 0 Å². The average Bonchev–Trinajstić information content (AvgIpc) is 2.66. The van der Waals surface area contributed by atoms with Crippen LogP contribution in [0, 0.1) is 0 Å². The third kappa shape index (κ3) is 2.54. The van der Waals surface area contributed by atoms with Gasteiger partial charge in [0.25, 0.3) is 0 Å². The van der Waals surface area contributed by atoms with Gasteiger partial charge in [0.2, 0.25) is 0 Å². The number of rotatable bonds is 3. The minimum Gasteiger partial charge on any atom is -0.373 e. The molecule has 3 nitrogen and oxygen atoms in total. The van der Waals surface area contributed by atoms with E-state index in [1.54, 1.807) is 7.11 Å². The molecule has 0 spiro atoms. The fourth-order valence-corrected chi connectivity index (χ4v) is 1.83. The van der Waals surface area contributed by atoms with E-state index in [0.29, 0.717) is 0 Å². The number of ether oxygens (including phenoxy) is 1. The Morgan fingerprint density at radius 3 is 2.81 bits per heavy atom. The Bertz CT molecular complexity index is 397. The van der Waals surface area contributed by atoms with Crippen molar-refractivity contribution in [3.63, 3.8) is 0 Å². The van der Waals surface area contributed by atoms with Crippen molar-refractivity contribution in [2.45, 2.75) is 18.4 Å². The third-order valence-corrected chi connectivity index (χ3v) is 2.90. The Kier molecular flexibility index (Phi) is 4.33. The molecular formula is C12H17ClN2O. The quantitative estimate of drug-likeness (QED) is 0.811. The van der Waals surface area contributed by atoms with E-state index < -0.39 is 0 Å². The zero-order valence-electron chi connectivity index (χ0n) is 9.59. The first-order chi connectivity index (χ1) is 7.26. The van der Waals surface area contributed by atoms with Crippen molar-refractivity contribution in [1.29, 1.82) is 0 Å². The van der Waals surface area contributed by atoms with Crippen molar-refractivity contribution in [1.82, 2.24) is 9.55 Å². The molecule has 1 aliphatic carbocycles. The van der Waals surface area contributed by atoms with E-state index in [0.717, 1.165) is 18.7 Å². The van der Waals surface area contributed by atoms with Gasteiger partial charge in [-0.05, 0) is 6.42 Å². The first-order valence-corrected chi connectivity index (χ1v) is 5.11. The van der Waals surface area contributed by atoms with Crippen molar-refractivity contribution >= 4 is 12.4 Å². The van der Waals surface area contributed by atoms with Crippen LogP contribution in [-0.4, -0.2) is 22.3 Å². The number of imidazole rings is 1. The summed E-state index contributed by atoms with van der Waals surface area (Å²) in [5, 5.41) is 0. The molecule has 88 valence electrons. The van der Waals surface area contributed by atoms with Crippen LogP contribution in [0.1, 0.15) is 12.2 Å². The molecule has 0 amide bonds. The van der Waals surface area contributed by atoms with E-state index in [4.69, 9.17) is 4.74 Å². The van der Waals surface area contributed by atoms with Gasteiger partial charge in [-0.15, -0.1) is 12.4 Å². The number of halogens is 1. The maximum atomic E-state index is 5.62. The minimum atomic E-state index is -0.214. The summed E-state index contributed by atoms with van der Waals surface area (Å²) in [5.74, 6) is 1.05. The number of allylic oxidation sites excluding steroid dienone is 2. The third-order valence-electron chi connectivity index (χ3n) is 2.90. The summed E-state index contributed by atoms with van der Waals surface area (Å²) < 4.78 is 7.65. The van der Waals surface area contributed by atoms with Crippen molar-refractivity contribution in [2.75, 3.05) is 7.11 Å². The summed E-state index contributed by atoms with van der Waals surface area (Å²) in [6.07, 6.45) is 13.8. The van der Waals surface area contributed by atoms with Gasteiger partial charge in [-0.1, -0.05) is 24.3 Å². The maximum Gasteiger partial charge on any atom is 0.111 e. The molecule has 0 N–H and O–H groups in total. The molecule has 0 aromatic carbocycles. The van der Waals surface area contributed by atoms with E-state index >= 15 is 0 Å². The van der Waals surface area contributed by atoms with Crippen molar-refractivity contribution in [2.24, 2.45) is 7.05 Å². The average molecular weight is 241 g/mol. The van der Waals surface area contributed by atoms with Crippen LogP contribution in [0.3, 0.4) is 0 Å². The number of nitrogens with zero attached hydrogens (tertiary/aromatic N) is 2. The molecular weight excluding hydrogens is 224 g/mol. The number of hydrogen-bond acceptors (Lipinski definition) is 2. The standard InChI is InChI=1S/C12H16N2O.ClH/c1-14-9-8-13-11(14)10-12(15-2)6-4-3-5-7-12;/h3-6,8-9H,7,10H2,1-2H3;1H. The summed E-state index contributed by atoms with van der Waals surface area (Å²) >= 11 is 0.